The molecule has 1 saturated heterocycles. The number of amides is 1. The number of nitrogens with zero attached hydrogens (tertiary/aromatic N) is 4. The highest BCUT2D eigenvalue weighted by Gasteiger charge is 2.19. The second-order valence-electron chi connectivity index (χ2n) is 6.30. The molecular weight excluding hydrogens is 337 g/mol. The van der Waals surface area contributed by atoms with Crippen LogP contribution in [-0.2, 0) is 0 Å². The summed E-state index contributed by atoms with van der Waals surface area (Å²) in [5.74, 6) is 0.318. The number of ether oxygens (including phenoxy) is 1. The molecule has 1 aliphatic rings. The van der Waals surface area contributed by atoms with Crippen molar-refractivity contribution in [1.29, 1.82) is 0 Å². The van der Waals surface area contributed by atoms with Crippen LogP contribution >= 0.6 is 0 Å². The first-order valence-corrected chi connectivity index (χ1v) is 8.44. The Labute approximate surface area is 151 Å². The number of rotatable bonds is 5. The molecule has 0 saturated carbocycles. The molecule has 8 heteroatoms. The lowest BCUT2D eigenvalue weighted by Gasteiger charge is -2.21. The number of hydrogen-bond acceptors (Lipinski definition) is 6. The van der Waals surface area contributed by atoms with Crippen molar-refractivity contribution in [2.24, 2.45) is 0 Å². The van der Waals surface area contributed by atoms with Crippen LogP contribution in [0, 0.1) is 5.82 Å². The van der Waals surface area contributed by atoms with Crippen molar-refractivity contribution in [2.75, 3.05) is 49.4 Å². The Morgan fingerprint density at radius 1 is 1.31 bits per heavy atom. The Morgan fingerprint density at radius 3 is 2.65 bits per heavy atom. The first kappa shape index (κ1) is 17.9. The molecule has 0 spiro atoms. The van der Waals surface area contributed by atoms with Crippen LogP contribution in [0.5, 0.6) is 5.75 Å². The fourth-order valence-electron chi connectivity index (χ4n) is 2.86. The summed E-state index contributed by atoms with van der Waals surface area (Å²) in [5.41, 5.74) is 0.663. The van der Waals surface area contributed by atoms with Crippen LogP contribution in [0.3, 0.4) is 0 Å². The third kappa shape index (κ3) is 3.68. The van der Waals surface area contributed by atoms with Crippen molar-refractivity contribution in [3.63, 3.8) is 0 Å². The van der Waals surface area contributed by atoms with Crippen molar-refractivity contribution in [2.45, 2.75) is 12.8 Å². The lowest BCUT2D eigenvalue weighted by Crippen LogP contribution is -2.23. The first-order valence-electron chi connectivity index (χ1n) is 8.44. The predicted octanol–water partition coefficient (Wildman–Crippen LogP) is 2.54. The van der Waals surface area contributed by atoms with Crippen LogP contribution in [0.15, 0.2) is 24.4 Å². The van der Waals surface area contributed by atoms with Crippen LogP contribution in [0.25, 0.3) is 0 Å². The number of anilines is 3. The van der Waals surface area contributed by atoms with Gasteiger partial charge in [-0.15, -0.1) is 0 Å². The number of halogens is 1. The summed E-state index contributed by atoms with van der Waals surface area (Å²) < 4.78 is 18.7. The third-order valence-corrected chi connectivity index (χ3v) is 4.23. The minimum absolute atomic E-state index is 0.0915. The Morgan fingerprint density at radius 2 is 2.04 bits per heavy atom. The quantitative estimate of drug-likeness (QED) is 0.885. The van der Waals surface area contributed by atoms with Gasteiger partial charge in [-0.3, -0.25) is 4.79 Å². The summed E-state index contributed by atoms with van der Waals surface area (Å²) in [6.07, 6.45) is 3.85. The Hall–Kier alpha value is -2.90. The van der Waals surface area contributed by atoms with Crippen LogP contribution in [0.1, 0.15) is 23.2 Å². The molecule has 0 radical (unpaired) electrons. The molecular formula is C18H22FN5O2. The van der Waals surface area contributed by atoms with Crippen molar-refractivity contribution in [3.05, 3.63) is 35.8 Å². The number of nitrogens with one attached hydrogen (secondary N) is 1. The highest BCUT2D eigenvalue weighted by atomic mass is 19.1. The standard InChI is InChI=1S/C18H22FN5O2/c1-23(2)16-14(11-20-18(22-16)24-8-4-5-9-24)21-17(25)12-6-7-15(26-3)13(19)10-12/h6-7,10-11H,4-5,8-9H2,1-3H3,(H,21,25). The number of benzene rings is 1. The van der Waals surface area contributed by atoms with Crippen LogP contribution in [-0.4, -0.2) is 50.2 Å². The predicted molar refractivity (Wildman–Crippen MR) is 98.7 cm³/mol. The van der Waals surface area contributed by atoms with Gasteiger partial charge in [-0.25, -0.2) is 9.37 Å². The van der Waals surface area contributed by atoms with E-state index in [-0.39, 0.29) is 11.3 Å². The molecule has 1 aromatic carbocycles. The number of methoxy groups -OCH3 is 1. The molecule has 1 N–H and O–H groups in total. The highest BCUT2D eigenvalue weighted by molar-refractivity contribution is 6.05. The average molecular weight is 359 g/mol. The molecule has 0 bridgehead atoms. The van der Waals surface area contributed by atoms with E-state index in [4.69, 9.17) is 4.74 Å². The SMILES string of the molecule is COc1ccc(C(=O)Nc2cnc(N3CCCC3)nc2N(C)C)cc1F. The van der Waals surface area contributed by atoms with Gasteiger partial charge in [0.05, 0.1) is 13.3 Å². The highest BCUT2D eigenvalue weighted by Crippen LogP contribution is 2.26. The molecule has 1 fully saturated rings. The van der Waals surface area contributed by atoms with Gasteiger partial charge in [-0.1, -0.05) is 0 Å². The molecule has 0 unspecified atom stereocenters. The Balaban J connectivity index is 1.84. The van der Waals surface area contributed by atoms with Gasteiger partial charge >= 0.3 is 0 Å². The van der Waals surface area contributed by atoms with Gasteiger partial charge in [-0.2, -0.15) is 4.98 Å². The molecule has 0 aliphatic carbocycles. The van der Waals surface area contributed by atoms with Gasteiger partial charge in [0.15, 0.2) is 17.4 Å². The molecule has 3 rings (SSSR count). The van der Waals surface area contributed by atoms with E-state index < -0.39 is 11.7 Å². The molecule has 1 aromatic heterocycles. The third-order valence-electron chi connectivity index (χ3n) is 4.23. The van der Waals surface area contributed by atoms with Crippen molar-refractivity contribution >= 4 is 23.4 Å². The van der Waals surface area contributed by atoms with Gasteiger partial charge in [-0.05, 0) is 31.0 Å². The summed E-state index contributed by atoms with van der Waals surface area (Å²) in [7, 11) is 5.07. The Bertz CT molecular complexity index is 806. The Kier molecular flexibility index (Phi) is 5.20. The van der Waals surface area contributed by atoms with E-state index in [1.807, 2.05) is 19.0 Å². The first-order chi connectivity index (χ1) is 12.5. The molecule has 2 aromatic rings. The van der Waals surface area contributed by atoms with E-state index in [9.17, 15) is 9.18 Å². The molecule has 138 valence electrons. The summed E-state index contributed by atoms with van der Waals surface area (Å²) in [5, 5.41) is 2.76. The normalized spacial score (nSPS) is 13.6. The maximum absolute atomic E-state index is 13.8. The van der Waals surface area contributed by atoms with Crippen molar-refractivity contribution < 1.29 is 13.9 Å². The summed E-state index contributed by atoms with van der Waals surface area (Å²) >= 11 is 0. The van der Waals surface area contributed by atoms with Crippen LogP contribution < -0.4 is 19.9 Å². The summed E-state index contributed by atoms with van der Waals surface area (Å²) in [4.78, 5) is 25.4. The zero-order valence-corrected chi connectivity index (χ0v) is 15.1. The fourth-order valence-corrected chi connectivity index (χ4v) is 2.86. The minimum Gasteiger partial charge on any atom is -0.494 e. The maximum Gasteiger partial charge on any atom is 0.255 e. The zero-order valence-electron chi connectivity index (χ0n) is 15.1. The monoisotopic (exact) mass is 359 g/mol. The van der Waals surface area contributed by atoms with Gasteiger partial charge in [0.1, 0.15) is 5.69 Å². The lowest BCUT2D eigenvalue weighted by atomic mass is 10.2. The number of carbonyl (C=O) groups is 1. The number of aromatic nitrogens is 2. The molecule has 2 heterocycles. The molecule has 0 atom stereocenters. The van der Waals surface area contributed by atoms with E-state index in [0.717, 1.165) is 32.0 Å². The van der Waals surface area contributed by atoms with Crippen molar-refractivity contribution in [3.8, 4) is 5.75 Å². The fraction of sp³-hybridized carbons (Fsp3) is 0.389. The molecule has 26 heavy (non-hydrogen) atoms. The van der Waals surface area contributed by atoms with E-state index in [1.165, 1.54) is 19.2 Å². The maximum atomic E-state index is 13.8. The molecule has 1 amide bonds. The van der Waals surface area contributed by atoms with Gasteiger partial charge in [0.25, 0.3) is 5.91 Å². The van der Waals surface area contributed by atoms with E-state index >= 15 is 0 Å². The number of hydrogen-bond donors (Lipinski definition) is 1. The lowest BCUT2D eigenvalue weighted by molar-refractivity contribution is 0.102. The summed E-state index contributed by atoms with van der Waals surface area (Å²) in [6, 6.07) is 4.07. The van der Waals surface area contributed by atoms with Crippen LogP contribution in [0.4, 0.5) is 21.8 Å². The topological polar surface area (TPSA) is 70.6 Å². The minimum atomic E-state index is -0.589. The van der Waals surface area contributed by atoms with Gasteiger partial charge in [0, 0.05) is 32.7 Å². The zero-order chi connectivity index (χ0) is 18.7. The van der Waals surface area contributed by atoms with E-state index in [0.29, 0.717) is 17.5 Å². The summed E-state index contributed by atoms with van der Waals surface area (Å²) in [6.45, 7) is 1.87. The van der Waals surface area contributed by atoms with Crippen molar-refractivity contribution in [1.82, 2.24) is 9.97 Å². The largest absolute Gasteiger partial charge is 0.494 e. The number of carbonyl (C=O) groups excluding carboxylic acids is 1. The second-order valence-corrected chi connectivity index (χ2v) is 6.30. The smallest absolute Gasteiger partial charge is 0.255 e. The van der Waals surface area contributed by atoms with E-state index in [1.54, 1.807) is 6.20 Å². The van der Waals surface area contributed by atoms with Gasteiger partial charge < -0.3 is 19.9 Å². The second kappa shape index (κ2) is 7.55. The molecule has 1 aliphatic heterocycles. The van der Waals surface area contributed by atoms with Gasteiger partial charge in [0.2, 0.25) is 5.95 Å². The van der Waals surface area contributed by atoms with E-state index in [2.05, 4.69) is 20.2 Å². The average Bonchev–Trinajstić information content (AvgIpc) is 3.16. The van der Waals surface area contributed by atoms with Crippen LogP contribution in [0.2, 0.25) is 0 Å². The molecule has 7 nitrogen and oxygen atoms in total.